The number of fused-ring (bicyclic) bond motifs is 8. The summed E-state index contributed by atoms with van der Waals surface area (Å²) in [5.74, 6) is -1.12. The van der Waals surface area contributed by atoms with Crippen molar-refractivity contribution in [2.45, 2.75) is 104 Å². The standard InChI is InChI=1S/C24H20F2N6O.C24H21FN6O.C23H18F2N6O.C22H25N7O/c1-3-18(31-23-21-22(28-11-27-21)29-12-30-23)19-7-14-6-4-5-13(2)20(14)24(33)32(19)17-9-15(25)8-16(26)10-17;1-3-18(30-23-21-22(27-12-26-21)28-13-29-23)19-11-15-6-4-5-14(2)20(15)24(32)31(19)17-9-7-16(25)8-10-17;1-12-4-3-5-14-6-18(13(2)30-22-20-21(27-10-26-20)28-11-29-22)31(23(32)19(12)14)17-8-15(24)7-16(25)9-17;1-14(27-21-19-20(24-12-23-19)25-13-26-21)18-11-15-5-3-4-6-17(15)22(30)29(18)16-7-9-28(2)10-8-16/h4-12,18H,3H2,1-2H3,(H2,27,28,29,30,31);4-13,18H,3H2,1-2H3,(H2,26,27,28,29,30);3-11,13H,1-2H3,(H2,26,27,28,29,30);3-6,11-14,16H,7-10H2,1-2H3,(H2,23,24,25,26,27). The van der Waals surface area contributed by atoms with Crippen LogP contribution in [0.15, 0.2) is 234 Å². The van der Waals surface area contributed by atoms with Gasteiger partial charge in [-0.2, -0.15) is 0 Å². The van der Waals surface area contributed by atoms with Crippen LogP contribution in [0.2, 0.25) is 0 Å². The van der Waals surface area contributed by atoms with E-state index in [2.05, 4.69) is 126 Å². The molecule has 0 amide bonds. The SMILES string of the molecule is CC(Nc1ncnc2nc[nH]c12)c1cc2ccccc2c(=O)n1C1CCN(C)CC1.CCC(Nc1ncnc2nc[nH]c12)c1cc2cccc(C)c2c(=O)n1-c1cc(F)cc(F)c1.CCC(Nc1ncnc2nc[nH]c12)c1cc2cccc(C)c2c(=O)n1-c1ccc(F)cc1.Cc1cccc2cc(C(C)Nc3ncnc4nc[nH]c34)n(-c3cc(F)cc(F)c3)c(=O)c12. The number of nitrogens with one attached hydrogen (secondary N) is 8. The highest BCUT2D eigenvalue weighted by atomic mass is 19.1. The van der Waals surface area contributed by atoms with Gasteiger partial charge in [0, 0.05) is 52.0 Å². The molecule has 640 valence electrons. The predicted octanol–water partition coefficient (Wildman–Crippen LogP) is 17.0. The molecule has 0 bridgehead atoms. The molecule has 7 aromatic carbocycles. The van der Waals surface area contributed by atoms with E-state index < -0.39 is 35.4 Å². The van der Waals surface area contributed by atoms with Gasteiger partial charge in [-0.25, -0.2) is 81.8 Å². The lowest BCUT2D eigenvalue weighted by Gasteiger charge is -2.33. The quantitative estimate of drug-likeness (QED) is 0.0370. The molecule has 4 unspecified atom stereocenters. The van der Waals surface area contributed by atoms with Gasteiger partial charge in [-0.1, -0.05) is 86.6 Å². The number of aromatic amines is 4. The molecule has 12 aromatic heterocycles. The summed E-state index contributed by atoms with van der Waals surface area (Å²) < 4.78 is 76.4. The van der Waals surface area contributed by atoms with Gasteiger partial charge in [-0.05, 0) is 198 Å². The molecule has 13 heterocycles. The first kappa shape index (κ1) is 83.6. The van der Waals surface area contributed by atoms with Gasteiger partial charge in [0.25, 0.3) is 22.2 Å². The van der Waals surface area contributed by atoms with Crippen molar-refractivity contribution in [3.05, 3.63) is 324 Å². The molecule has 4 atom stereocenters. The summed E-state index contributed by atoms with van der Waals surface area (Å²) in [6.07, 6.45) is 15.1. The second kappa shape index (κ2) is 35.7. The number of rotatable bonds is 18. The number of aryl methyl sites for hydroxylation is 3. The maximum Gasteiger partial charge on any atom is 0.263 e. The Morgan fingerprint density at radius 3 is 1.12 bits per heavy atom. The van der Waals surface area contributed by atoms with Crippen LogP contribution < -0.4 is 43.5 Å². The van der Waals surface area contributed by atoms with Gasteiger partial charge in [-0.3, -0.25) is 32.9 Å². The number of imidazole rings is 4. The number of piperidine rings is 1. The van der Waals surface area contributed by atoms with E-state index in [1.807, 2.05) is 143 Å². The van der Waals surface area contributed by atoms with Gasteiger partial charge in [0.2, 0.25) is 0 Å². The van der Waals surface area contributed by atoms with Crippen molar-refractivity contribution in [3.8, 4) is 17.1 Å². The van der Waals surface area contributed by atoms with Gasteiger partial charge < -0.3 is 50.7 Å². The minimum Gasteiger partial charge on any atom is -0.360 e. The second-order valence-electron chi connectivity index (χ2n) is 31.1. The van der Waals surface area contributed by atoms with Gasteiger partial charge in [0.1, 0.15) is 76.5 Å². The minimum absolute atomic E-state index is 0.0840. The third-order valence-electron chi connectivity index (χ3n) is 22.8. The zero-order valence-electron chi connectivity index (χ0n) is 70.0. The number of anilines is 4. The van der Waals surface area contributed by atoms with E-state index in [1.54, 1.807) is 29.4 Å². The maximum atomic E-state index is 14.1. The summed E-state index contributed by atoms with van der Waals surface area (Å²) in [5.41, 5.74) is 10.2. The van der Waals surface area contributed by atoms with E-state index in [0.29, 0.717) is 108 Å². The predicted molar refractivity (Wildman–Crippen MR) is 481 cm³/mol. The Balaban J connectivity index is 0.000000119. The number of pyridine rings is 4. The lowest BCUT2D eigenvalue weighted by Crippen LogP contribution is -2.37. The van der Waals surface area contributed by atoms with E-state index in [1.165, 1.54) is 59.2 Å². The summed E-state index contributed by atoms with van der Waals surface area (Å²) in [5, 5.41) is 19.2. The third-order valence-corrected chi connectivity index (χ3v) is 22.8. The molecule has 1 fully saturated rings. The summed E-state index contributed by atoms with van der Waals surface area (Å²) in [6.45, 7) is 15.5. The topological polar surface area (TPSA) is 357 Å². The first-order valence-corrected chi connectivity index (χ1v) is 41.2. The highest BCUT2D eigenvalue weighted by molar-refractivity contribution is 5.90. The number of hydrogen-bond donors (Lipinski definition) is 8. The summed E-state index contributed by atoms with van der Waals surface area (Å²) in [6, 6.07) is 43.7. The molecule has 127 heavy (non-hydrogen) atoms. The third kappa shape index (κ3) is 16.9. The maximum absolute atomic E-state index is 14.1. The molecule has 0 saturated carbocycles. The van der Waals surface area contributed by atoms with Gasteiger partial charge in [0.15, 0.2) is 45.9 Å². The Morgan fingerprint density at radius 2 is 0.717 bits per heavy atom. The molecule has 1 aliphatic rings. The van der Waals surface area contributed by atoms with Crippen LogP contribution in [0.4, 0.5) is 45.2 Å². The van der Waals surface area contributed by atoms with Crippen LogP contribution in [-0.4, -0.2) is 123 Å². The smallest absolute Gasteiger partial charge is 0.263 e. The fourth-order valence-corrected chi connectivity index (χ4v) is 16.6. The van der Waals surface area contributed by atoms with Crippen molar-refractivity contribution in [2.24, 2.45) is 0 Å². The molecule has 20 rings (SSSR count). The van der Waals surface area contributed by atoms with E-state index >= 15 is 0 Å². The lowest BCUT2D eigenvalue weighted by molar-refractivity contribution is 0.216. The largest absolute Gasteiger partial charge is 0.360 e. The van der Waals surface area contributed by atoms with Gasteiger partial charge in [0.05, 0.1) is 77.0 Å². The number of nitrogens with zero attached hydrogens (tertiary/aromatic N) is 17. The van der Waals surface area contributed by atoms with Crippen molar-refractivity contribution < 1.29 is 22.0 Å². The minimum atomic E-state index is -0.765. The van der Waals surface area contributed by atoms with Crippen molar-refractivity contribution in [2.75, 3.05) is 41.4 Å². The van der Waals surface area contributed by atoms with Crippen LogP contribution in [0, 0.1) is 49.9 Å². The number of H-pyrrole nitrogens is 4. The average molecular weight is 1710 g/mol. The lowest BCUT2D eigenvalue weighted by atomic mass is 10.0. The van der Waals surface area contributed by atoms with Crippen LogP contribution in [-0.2, 0) is 0 Å². The highest BCUT2D eigenvalue weighted by Gasteiger charge is 2.29. The molecule has 1 saturated heterocycles. The zero-order chi connectivity index (χ0) is 88.4. The molecular formula is C93H84F5N25O4. The molecule has 0 aliphatic carbocycles. The number of likely N-dealkylation sites (tertiary alicyclic amines) is 1. The van der Waals surface area contributed by atoms with Crippen LogP contribution in [0.5, 0.6) is 0 Å². The first-order valence-electron chi connectivity index (χ1n) is 41.2. The van der Waals surface area contributed by atoms with E-state index in [0.717, 1.165) is 123 Å². The Kier molecular flexibility index (Phi) is 23.5. The molecule has 0 spiro atoms. The molecule has 34 heteroatoms. The Labute approximate surface area is 719 Å². The van der Waals surface area contributed by atoms with Gasteiger partial charge >= 0.3 is 0 Å². The van der Waals surface area contributed by atoms with E-state index in [-0.39, 0.29) is 57.6 Å². The number of aromatic nitrogens is 20. The molecule has 29 nitrogen and oxygen atoms in total. The monoisotopic (exact) mass is 1710 g/mol. The van der Waals surface area contributed by atoms with Crippen LogP contribution in [0.25, 0.3) is 105 Å². The molecule has 19 aromatic rings. The summed E-state index contributed by atoms with van der Waals surface area (Å²) in [7, 11) is 2.13. The fourth-order valence-electron chi connectivity index (χ4n) is 16.6. The number of hydrogen-bond acceptors (Lipinski definition) is 21. The number of benzene rings is 7. The second-order valence-corrected chi connectivity index (χ2v) is 31.1. The zero-order valence-corrected chi connectivity index (χ0v) is 70.0. The Morgan fingerprint density at radius 1 is 0.370 bits per heavy atom. The van der Waals surface area contributed by atoms with Crippen LogP contribution >= 0.6 is 0 Å². The van der Waals surface area contributed by atoms with Crippen molar-refractivity contribution in [1.29, 1.82) is 0 Å². The summed E-state index contributed by atoms with van der Waals surface area (Å²) >= 11 is 0. The average Bonchev–Trinajstić information content (AvgIpc) is 1.58. The van der Waals surface area contributed by atoms with E-state index in [9.17, 15) is 41.1 Å². The number of halogens is 5. The first-order chi connectivity index (χ1) is 61.6. The molecule has 8 N–H and O–H groups in total. The summed E-state index contributed by atoms with van der Waals surface area (Å²) in [4.78, 5) is 120. The van der Waals surface area contributed by atoms with Crippen molar-refractivity contribution in [3.63, 3.8) is 0 Å². The van der Waals surface area contributed by atoms with Crippen molar-refractivity contribution >= 4 is 111 Å². The Bertz CT molecular complexity index is 7590. The molecule has 1 aliphatic heterocycles. The molecule has 0 radical (unpaired) electrons. The fraction of sp³-hybridized carbons (Fsp3) is 0.204. The highest BCUT2D eigenvalue weighted by Crippen LogP contribution is 2.36. The van der Waals surface area contributed by atoms with Crippen molar-refractivity contribution in [1.82, 2.24) is 103 Å². The normalized spacial score (nSPS) is 13.4. The molecular weight excluding hydrogens is 1630 g/mol. The van der Waals surface area contributed by atoms with Crippen LogP contribution in [0.1, 0.15) is 123 Å². The van der Waals surface area contributed by atoms with E-state index in [4.69, 9.17) is 0 Å². The van der Waals surface area contributed by atoms with Crippen LogP contribution in [0.3, 0.4) is 0 Å². The van der Waals surface area contributed by atoms with Gasteiger partial charge in [-0.15, -0.1) is 0 Å². The Hall–Kier alpha value is -15.6.